The van der Waals surface area contributed by atoms with E-state index < -0.39 is 0 Å². The molecule has 1 rings (SSSR count). The zero-order chi connectivity index (χ0) is 9.23. The Morgan fingerprint density at radius 1 is 1.08 bits per heavy atom. The monoisotopic (exact) mass is 185 g/mol. The maximum absolute atomic E-state index is 8.91. The van der Waals surface area contributed by atoms with E-state index in [9.17, 15) is 0 Å². The third kappa shape index (κ3) is 8.59. The highest BCUT2D eigenvalue weighted by Gasteiger charge is 2.07. The predicted molar refractivity (Wildman–Crippen MR) is 55.8 cm³/mol. The number of aliphatic hydroxyl groups excluding tert-OH is 1. The van der Waals surface area contributed by atoms with Crippen LogP contribution in [-0.2, 0) is 0 Å². The zero-order valence-electron chi connectivity index (χ0n) is 8.55. The normalized spacial score (nSPS) is 17.9. The molecule has 0 unspecified atom stereocenters. The molecule has 0 heterocycles. The molecule has 1 saturated carbocycles. The fourth-order valence-corrected chi connectivity index (χ4v) is 1.95. The average Bonchev–Trinajstić information content (AvgIpc) is 2.08. The zero-order valence-corrected chi connectivity index (χ0v) is 9.71. The van der Waals surface area contributed by atoms with E-state index in [2.05, 4.69) is 13.8 Å². The van der Waals surface area contributed by atoms with Crippen molar-refractivity contribution in [1.82, 2.24) is 0 Å². The molecule has 71 valence electrons. The minimum atomic E-state index is 0.0359. The Labute approximate surface area is 83.3 Å². The Hall–Kier alpha value is 0.492. The Bertz CT molecular complexity index is 77.9. The van der Waals surface area contributed by atoms with E-state index in [1.807, 2.05) is 0 Å². The lowest BCUT2D eigenvalue weighted by atomic mass is 9.98. The number of hydrogen-bond donors (Lipinski definition) is 1. The largest absolute Gasteiger partial charge is 0.393 e. The van der Waals surface area contributed by atoms with Gasteiger partial charge in [0.25, 0.3) is 0 Å². The van der Waals surface area contributed by atoms with Crippen LogP contribution < -0.4 is 0 Å². The van der Waals surface area contributed by atoms with Crippen LogP contribution in [-0.4, -0.2) is 26.4 Å². The molecule has 0 saturated heterocycles. The first-order chi connectivity index (χ1) is 5.81. The lowest BCUT2D eigenvalue weighted by Gasteiger charge is -2.14. The van der Waals surface area contributed by atoms with E-state index in [1.165, 1.54) is 29.8 Å². The van der Waals surface area contributed by atoms with Gasteiger partial charge in [-0.05, 0) is 12.8 Å². The fraction of sp³-hybridized carbons (Fsp3) is 1.00. The smallest absolute Gasteiger partial charge is 0.198 e. The summed E-state index contributed by atoms with van der Waals surface area (Å²) >= 11 is 0.815. The van der Waals surface area contributed by atoms with Crippen molar-refractivity contribution in [1.29, 1.82) is 0 Å². The van der Waals surface area contributed by atoms with Crippen LogP contribution in [0, 0.1) is 0 Å². The second-order valence-electron chi connectivity index (χ2n) is 3.40. The topological polar surface area (TPSA) is 20.2 Å². The van der Waals surface area contributed by atoms with Gasteiger partial charge in [-0.25, -0.2) is 0 Å². The molecule has 0 atom stereocenters. The molecule has 1 fully saturated rings. The lowest BCUT2D eigenvalue weighted by Crippen LogP contribution is -2.09. The Morgan fingerprint density at radius 2 is 1.58 bits per heavy atom. The molecule has 0 aromatic heterocycles. The van der Waals surface area contributed by atoms with E-state index in [4.69, 9.17) is 5.11 Å². The van der Waals surface area contributed by atoms with Crippen LogP contribution in [0.3, 0.4) is 0 Å². The van der Waals surface area contributed by atoms with Gasteiger partial charge >= 0.3 is 0 Å². The predicted octanol–water partition coefficient (Wildman–Crippen LogP) is 2.88. The van der Waals surface area contributed by atoms with Crippen LogP contribution in [0.5, 0.6) is 0 Å². The van der Waals surface area contributed by atoms with Crippen molar-refractivity contribution in [3.8, 4) is 0 Å². The van der Waals surface area contributed by atoms with Crippen molar-refractivity contribution in [3.05, 3.63) is 0 Å². The van der Waals surface area contributed by atoms with Gasteiger partial charge in [0.15, 0.2) is 15.2 Å². The summed E-state index contributed by atoms with van der Waals surface area (Å²) in [6, 6.07) is 0. The minimum absolute atomic E-state index is 0.0359. The van der Waals surface area contributed by atoms with Crippen LogP contribution in [0.15, 0.2) is 0 Å². The SMILES string of the molecule is C[CH2][Al][CH2]C.OC1CCCCC1. The third-order valence-electron chi connectivity index (χ3n) is 2.15. The van der Waals surface area contributed by atoms with Gasteiger partial charge in [-0.3, -0.25) is 0 Å². The highest BCUT2D eigenvalue weighted by Crippen LogP contribution is 2.16. The number of aliphatic hydroxyl groups is 1. The molecular weight excluding hydrogens is 163 g/mol. The minimum Gasteiger partial charge on any atom is -0.393 e. The van der Waals surface area contributed by atoms with Gasteiger partial charge in [0.05, 0.1) is 6.10 Å². The van der Waals surface area contributed by atoms with Crippen molar-refractivity contribution in [3.63, 3.8) is 0 Å². The summed E-state index contributed by atoms with van der Waals surface area (Å²) in [4.78, 5) is 0. The summed E-state index contributed by atoms with van der Waals surface area (Å²) in [7, 11) is 0. The molecular formula is C10H22AlO. The molecule has 1 aliphatic carbocycles. The van der Waals surface area contributed by atoms with Crippen LogP contribution in [0.2, 0.25) is 10.6 Å². The van der Waals surface area contributed by atoms with E-state index in [1.54, 1.807) is 0 Å². The van der Waals surface area contributed by atoms with Crippen LogP contribution in [0.1, 0.15) is 46.0 Å². The molecule has 1 radical (unpaired) electrons. The van der Waals surface area contributed by atoms with Gasteiger partial charge in [0.2, 0.25) is 0 Å². The summed E-state index contributed by atoms with van der Waals surface area (Å²) in [5.74, 6) is 0. The highest BCUT2D eigenvalue weighted by atomic mass is 27.1. The Morgan fingerprint density at radius 3 is 1.75 bits per heavy atom. The molecule has 0 amide bonds. The average molecular weight is 185 g/mol. The Balaban J connectivity index is 0.000000217. The van der Waals surface area contributed by atoms with Crippen molar-refractivity contribution in [2.75, 3.05) is 0 Å². The maximum Gasteiger partial charge on any atom is 0.198 e. The first kappa shape index (κ1) is 12.5. The maximum atomic E-state index is 8.91. The molecule has 2 heteroatoms. The van der Waals surface area contributed by atoms with Crippen LogP contribution in [0.25, 0.3) is 0 Å². The van der Waals surface area contributed by atoms with Crippen LogP contribution in [0.4, 0.5) is 0 Å². The Kier molecular flexibility index (Phi) is 9.97. The molecule has 1 N–H and O–H groups in total. The van der Waals surface area contributed by atoms with Crippen molar-refractivity contribution in [2.24, 2.45) is 0 Å². The summed E-state index contributed by atoms with van der Waals surface area (Å²) in [5.41, 5.74) is 0. The second-order valence-corrected chi connectivity index (χ2v) is 5.61. The molecule has 0 aliphatic heterocycles. The molecule has 12 heavy (non-hydrogen) atoms. The van der Waals surface area contributed by atoms with E-state index >= 15 is 0 Å². The van der Waals surface area contributed by atoms with Crippen molar-refractivity contribution >= 4 is 15.2 Å². The van der Waals surface area contributed by atoms with E-state index in [0.717, 1.165) is 28.1 Å². The second kappa shape index (κ2) is 9.58. The summed E-state index contributed by atoms with van der Waals surface area (Å²) < 4.78 is 0. The van der Waals surface area contributed by atoms with E-state index in [-0.39, 0.29) is 6.10 Å². The lowest BCUT2D eigenvalue weighted by molar-refractivity contribution is 0.130. The third-order valence-corrected chi connectivity index (χ3v) is 3.31. The molecule has 1 aliphatic rings. The molecule has 0 aromatic carbocycles. The van der Waals surface area contributed by atoms with Gasteiger partial charge in [0.1, 0.15) is 0 Å². The van der Waals surface area contributed by atoms with Gasteiger partial charge in [-0.1, -0.05) is 33.1 Å². The highest BCUT2D eigenvalue weighted by molar-refractivity contribution is 6.34. The summed E-state index contributed by atoms with van der Waals surface area (Å²) in [6.45, 7) is 4.50. The molecule has 1 nitrogen and oxygen atoms in total. The molecule has 0 spiro atoms. The van der Waals surface area contributed by atoms with Gasteiger partial charge < -0.3 is 5.11 Å². The first-order valence-electron chi connectivity index (χ1n) is 5.31. The molecule has 0 bridgehead atoms. The first-order valence-corrected chi connectivity index (χ1v) is 6.94. The number of rotatable bonds is 2. The quantitative estimate of drug-likeness (QED) is 0.656. The standard InChI is InChI=1S/C6H12O.2C2H5.Al/c7-6-4-2-1-3-5-6;2*1-2;/h6-7H,1-5H2;2*1H2,2H3;. The van der Waals surface area contributed by atoms with E-state index in [0.29, 0.717) is 0 Å². The summed E-state index contributed by atoms with van der Waals surface area (Å²) in [5, 5.41) is 11.8. The summed E-state index contributed by atoms with van der Waals surface area (Å²) in [6.07, 6.45) is 5.92. The van der Waals surface area contributed by atoms with Crippen molar-refractivity contribution < 1.29 is 5.11 Å². The van der Waals surface area contributed by atoms with Gasteiger partial charge in [-0.15, -0.1) is 10.6 Å². The van der Waals surface area contributed by atoms with Gasteiger partial charge in [-0.2, -0.15) is 0 Å². The fourth-order valence-electron chi connectivity index (χ4n) is 1.37. The van der Waals surface area contributed by atoms with Gasteiger partial charge in [0, 0.05) is 0 Å². The number of hydrogen-bond acceptors (Lipinski definition) is 1. The van der Waals surface area contributed by atoms with Crippen LogP contribution >= 0.6 is 0 Å². The molecule has 0 aromatic rings. The van der Waals surface area contributed by atoms with Crippen molar-refractivity contribution in [2.45, 2.75) is 62.6 Å².